The summed E-state index contributed by atoms with van der Waals surface area (Å²) in [5, 5.41) is 0.242. The van der Waals surface area contributed by atoms with Crippen molar-refractivity contribution in [1.82, 2.24) is 10.4 Å². The van der Waals surface area contributed by atoms with Crippen LogP contribution in [0.5, 0.6) is 0 Å². The Morgan fingerprint density at radius 2 is 2.47 bits per heavy atom. The predicted octanol–water partition coefficient (Wildman–Crippen LogP) is 1.58. The Kier molecular flexibility index (Phi) is 3.93. The van der Waals surface area contributed by atoms with Gasteiger partial charge in [0.2, 0.25) is 0 Å². The van der Waals surface area contributed by atoms with Gasteiger partial charge in [0.15, 0.2) is 0 Å². The van der Waals surface area contributed by atoms with Crippen LogP contribution in [-0.2, 0) is 4.74 Å². The third-order valence-electron chi connectivity index (χ3n) is 1.56. The van der Waals surface area contributed by atoms with E-state index >= 15 is 0 Å². The average Bonchev–Trinajstić information content (AvgIpc) is 2.27. The molecule has 0 saturated carbocycles. The van der Waals surface area contributed by atoms with Crippen molar-refractivity contribution in [1.29, 1.82) is 0 Å². The number of ether oxygens (including phenoxy) is 1. The van der Waals surface area contributed by atoms with Crippen molar-refractivity contribution in [3.8, 4) is 0 Å². The quantitative estimate of drug-likeness (QED) is 0.604. The highest BCUT2D eigenvalue weighted by Crippen LogP contribution is 2.18. The maximum absolute atomic E-state index is 11.3. The number of halogens is 1. The van der Waals surface area contributed by atoms with E-state index in [-0.39, 0.29) is 10.6 Å². The molecule has 1 aromatic rings. The third-order valence-corrected chi connectivity index (χ3v) is 1.86. The minimum absolute atomic E-state index is 0.242. The van der Waals surface area contributed by atoms with E-state index in [0.717, 1.165) is 0 Å². The maximum Gasteiger partial charge on any atom is 0.339 e. The lowest BCUT2D eigenvalue weighted by atomic mass is 10.2. The van der Waals surface area contributed by atoms with E-state index in [2.05, 4.69) is 27.2 Å². The first-order valence-corrected chi connectivity index (χ1v) is 4.43. The van der Waals surface area contributed by atoms with E-state index < -0.39 is 5.97 Å². The first-order chi connectivity index (χ1) is 7.19. The van der Waals surface area contributed by atoms with Gasteiger partial charge < -0.3 is 10.2 Å². The number of carbonyl (C=O) groups is 1. The molecule has 1 aromatic heterocycles. The molecule has 0 aliphatic rings. The summed E-state index contributed by atoms with van der Waals surface area (Å²) in [4.78, 5) is 15.2. The Morgan fingerprint density at radius 3 is 3.07 bits per heavy atom. The normalized spacial score (nSPS) is 9.20. The lowest BCUT2D eigenvalue weighted by Gasteiger charge is -2.07. The van der Waals surface area contributed by atoms with E-state index in [4.69, 9.17) is 11.6 Å². The number of carbonyl (C=O) groups excluding carboxylic acids is 1. The van der Waals surface area contributed by atoms with Crippen LogP contribution in [0.2, 0.25) is 5.02 Å². The Balaban J connectivity index is 2.94. The van der Waals surface area contributed by atoms with Gasteiger partial charge in [-0.2, -0.15) is 0 Å². The molecule has 0 radical (unpaired) electrons. The van der Waals surface area contributed by atoms with Gasteiger partial charge in [-0.15, -0.1) is 0 Å². The summed E-state index contributed by atoms with van der Waals surface area (Å²) in [7, 11) is 1.29. The number of hydrogen-bond donors (Lipinski definition) is 2. The van der Waals surface area contributed by atoms with Crippen LogP contribution in [0.3, 0.4) is 0 Å². The Morgan fingerprint density at radius 1 is 1.73 bits per heavy atom. The number of anilines is 1. The lowest BCUT2D eigenvalue weighted by molar-refractivity contribution is 0.0601. The fraction of sp³-hybridized carbons (Fsp3) is 0.111. The molecule has 0 fully saturated rings. The molecular formula is C9H10ClN3O2. The summed E-state index contributed by atoms with van der Waals surface area (Å²) in [6.07, 6.45) is 2.80. The van der Waals surface area contributed by atoms with E-state index in [1.807, 2.05) is 0 Å². The molecule has 6 heteroatoms. The standard InChI is InChI=1S/C9H10ClN3O2/c1-3-12-13-8-4-6(9(14)15-2)7(10)5-11-8/h3-5,12H,1H2,2H3,(H,11,13). The zero-order valence-electron chi connectivity index (χ0n) is 8.08. The molecule has 80 valence electrons. The van der Waals surface area contributed by atoms with Crippen LogP contribution in [0.1, 0.15) is 10.4 Å². The number of esters is 1. The van der Waals surface area contributed by atoms with Crippen molar-refractivity contribution >= 4 is 23.4 Å². The Labute approximate surface area is 92.1 Å². The summed E-state index contributed by atoms with van der Waals surface area (Å²) in [6.45, 7) is 3.45. The fourth-order valence-electron chi connectivity index (χ4n) is 0.898. The largest absolute Gasteiger partial charge is 0.465 e. The van der Waals surface area contributed by atoms with Crippen molar-refractivity contribution in [3.05, 3.63) is 35.6 Å². The summed E-state index contributed by atoms with van der Waals surface area (Å²) >= 11 is 5.77. The zero-order chi connectivity index (χ0) is 11.3. The van der Waals surface area contributed by atoms with Crippen molar-refractivity contribution in [2.45, 2.75) is 0 Å². The topological polar surface area (TPSA) is 63.2 Å². The molecule has 0 bridgehead atoms. The van der Waals surface area contributed by atoms with E-state index in [0.29, 0.717) is 5.82 Å². The second-order valence-electron chi connectivity index (χ2n) is 2.51. The van der Waals surface area contributed by atoms with Crippen LogP contribution >= 0.6 is 11.6 Å². The van der Waals surface area contributed by atoms with Gasteiger partial charge >= 0.3 is 5.97 Å². The number of nitrogens with one attached hydrogen (secondary N) is 2. The first kappa shape index (κ1) is 11.3. The smallest absolute Gasteiger partial charge is 0.339 e. The highest BCUT2D eigenvalue weighted by molar-refractivity contribution is 6.33. The van der Waals surface area contributed by atoms with Gasteiger partial charge in [0.1, 0.15) is 5.82 Å². The number of nitrogens with zero attached hydrogens (tertiary/aromatic N) is 1. The average molecular weight is 228 g/mol. The number of rotatable bonds is 4. The Bertz CT molecular complexity index is 382. The number of methoxy groups -OCH3 is 1. The molecule has 0 atom stereocenters. The van der Waals surface area contributed by atoms with E-state index in [9.17, 15) is 4.79 Å². The van der Waals surface area contributed by atoms with Crippen LogP contribution < -0.4 is 10.9 Å². The van der Waals surface area contributed by atoms with Crippen molar-refractivity contribution < 1.29 is 9.53 Å². The highest BCUT2D eigenvalue weighted by Gasteiger charge is 2.11. The molecule has 5 nitrogen and oxygen atoms in total. The summed E-state index contributed by atoms with van der Waals surface area (Å²) < 4.78 is 4.56. The predicted molar refractivity (Wildman–Crippen MR) is 57.5 cm³/mol. The maximum atomic E-state index is 11.3. The Hall–Kier alpha value is -1.75. The van der Waals surface area contributed by atoms with Crippen LogP contribution in [0.25, 0.3) is 0 Å². The SMILES string of the molecule is C=CNNc1cc(C(=O)OC)c(Cl)cn1. The van der Waals surface area contributed by atoms with Gasteiger partial charge in [-0.1, -0.05) is 18.2 Å². The second-order valence-corrected chi connectivity index (χ2v) is 2.92. The molecule has 0 aliphatic carbocycles. The molecule has 1 heterocycles. The van der Waals surface area contributed by atoms with Gasteiger partial charge in [0.25, 0.3) is 0 Å². The highest BCUT2D eigenvalue weighted by atomic mass is 35.5. The van der Waals surface area contributed by atoms with Gasteiger partial charge in [-0.25, -0.2) is 9.78 Å². The second kappa shape index (κ2) is 5.21. The van der Waals surface area contributed by atoms with Crippen LogP contribution in [0.15, 0.2) is 25.0 Å². The molecule has 1 rings (SSSR count). The van der Waals surface area contributed by atoms with Crippen molar-refractivity contribution in [2.75, 3.05) is 12.5 Å². The number of aromatic nitrogens is 1. The van der Waals surface area contributed by atoms with Gasteiger partial charge in [-0.05, 0) is 6.07 Å². The minimum Gasteiger partial charge on any atom is -0.465 e. The van der Waals surface area contributed by atoms with Crippen LogP contribution in [0.4, 0.5) is 5.82 Å². The summed E-state index contributed by atoms with van der Waals surface area (Å²) in [5.41, 5.74) is 5.57. The molecule has 15 heavy (non-hydrogen) atoms. The van der Waals surface area contributed by atoms with E-state index in [1.54, 1.807) is 0 Å². The molecule has 0 unspecified atom stereocenters. The first-order valence-electron chi connectivity index (χ1n) is 4.05. The van der Waals surface area contributed by atoms with Gasteiger partial charge in [-0.3, -0.25) is 5.43 Å². The lowest BCUT2D eigenvalue weighted by Crippen LogP contribution is -2.15. The summed E-state index contributed by atoms with van der Waals surface area (Å²) in [5.74, 6) is -0.0660. The van der Waals surface area contributed by atoms with Crippen molar-refractivity contribution in [2.24, 2.45) is 0 Å². The molecule has 0 amide bonds. The third kappa shape index (κ3) is 2.85. The minimum atomic E-state index is -0.510. The van der Waals surface area contributed by atoms with Crippen LogP contribution in [0, 0.1) is 0 Å². The summed E-state index contributed by atoms with van der Waals surface area (Å²) in [6, 6.07) is 1.48. The number of hydrogen-bond acceptors (Lipinski definition) is 5. The van der Waals surface area contributed by atoms with Gasteiger partial charge in [0.05, 0.1) is 17.7 Å². The monoisotopic (exact) mass is 227 g/mol. The van der Waals surface area contributed by atoms with Crippen molar-refractivity contribution in [3.63, 3.8) is 0 Å². The fourth-order valence-corrected chi connectivity index (χ4v) is 1.08. The molecule has 0 spiro atoms. The number of pyridine rings is 1. The molecular weight excluding hydrogens is 218 g/mol. The number of hydrazine groups is 1. The molecule has 0 saturated heterocycles. The van der Waals surface area contributed by atoms with Gasteiger partial charge in [0, 0.05) is 12.4 Å². The molecule has 0 aliphatic heterocycles. The zero-order valence-corrected chi connectivity index (χ0v) is 8.84. The van der Waals surface area contributed by atoms with Crippen LogP contribution in [-0.4, -0.2) is 18.1 Å². The molecule has 0 aromatic carbocycles. The van der Waals surface area contributed by atoms with E-state index in [1.165, 1.54) is 25.6 Å². The molecule has 2 N–H and O–H groups in total.